The van der Waals surface area contributed by atoms with E-state index in [1.807, 2.05) is 0 Å². The van der Waals surface area contributed by atoms with E-state index in [9.17, 15) is 40.6 Å². The summed E-state index contributed by atoms with van der Waals surface area (Å²) >= 11 is 0. The zero-order valence-corrected chi connectivity index (χ0v) is 21.7. The number of para-hydroxylation sites is 1. The predicted molar refractivity (Wildman–Crippen MR) is 137 cm³/mol. The number of carbonyl (C=O) groups is 1. The second kappa shape index (κ2) is 9.77. The fraction of sp³-hybridized carbons (Fsp3) is 0.370. The summed E-state index contributed by atoms with van der Waals surface area (Å²) in [6, 6.07) is 8.78. The molecule has 1 fully saturated rings. The summed E-state index contributed by atoms with van der Waals surface area (Å²) in [4.78, 5) is 21.4. The van der Waals surface area contributed by atoms with Crippen molar-refractivity contribution in [2.24, 2.45) is 0 Å². The third-order valence-corrected chi connectivity index (χ3v) is 7.11. The first-order valence-electron chi connectivity index (χ1n) is 12.6. The number of nitrogens with zero attached hydrogens (tertiary/aromatic N) is 4. The van der Waals surface area contributed by atoms with Crippen LogP contribution in [0.3, 0.4) is 0 Å². The number of piperidine rings is 1. The molecule has 0 saturated carbocycles. The predicted octanol–water partition coefficient (Wildman–Crippen LogP) is 6.95. The molecule has 1 aliphatic rings. The van der Waals surface area contributed by atoms with Crippen LogP contribution in [-0.2, 0) is 5.92 Å². The highest BCUT2D eigenvalue weighted by Crippen LogP contribution is 2.44. The van der Waals surface area contributed by atoms with Gasteiger partial charge in [0.15, 0.2) is 0 Å². The van der Waals surface area contributed by atoms with Gasteiger partial charge in [0.2, 0.25) is 5.95 Å². The van der Waals surface area contributed by atoms with E-state index in [0.717, 1.165) is 4.40 Å². The molecule has 1 atom stereocenters. The average Bonchev–Trinajstić information content (AvgIpc) is 3.34. The van der Waals surface area contributed by atoms with Crippen LogP contribution in [0.1, 0.15) is 53.0 Å². The van der Waals surface area contributed by atoms with Gasteiger partial charge in [0.05, 0.1) is 17.1 Å². The molecule has 41 heavy (non-hydrogen) atoms. The average molecular weight is 584 g/mol. The number of rotatable bonds is 6. The second-order valence-corrected chi connectivity index (χ2v) is 10.1. The van der Waals surface area contributed by atoms with Crippen molar-refractivity contribution in [3.8, 4) is 0 Å². The molecule has 5 rings (SSSR count). The molecule has 0 spiro atoms. The van der Waals surface area contributed by atoms with Crippen LogP contribution in [-0.4, -0.2) is 50.6 Å². The molecule has 4 aromatic rings. The summed E-state index contributed by atoms with van der Waals surface area (Å²) in [5.41, 5.74) is -0.247. The van der Waals surface area contributed by atoms with E-state index >= 15 is 0 Å². The normalized spacial score (nSPS) is 16.8. The third-order valence-electron chi connectivity index (χ3n) is 7.11. The first-order valence-corrected chi connectivity index (χ1v) is 12.6. The number of anilines is 2. The fourth-order valence-corrected chi connectivity index (χ4v) is 4.97. The van der Waals surface area contributed by atoms with Gasteiger partial charge in [-0.3, -0.25) is 4.40 Å². The molecule has 0 amide bonds. The fourth-order valence-electron chi connectivity index (χ4n) is 4.97. The number of alkyl halides is 7. The molecule has 7 nitrogen and oxygen atoms in total. The zero-order valence-electron chi connectivity index (χ0n) is 21.7. The maximum Gasteiger partial charge on any atom is 0.459 e. The van der Waals surface area contributed by atoms with Crippen molar-refractivity contribution in [3.05, 3.63) is 65.0 Å². The number of hydrogen-bond acceptors (Lipinski definition) is 5. The number of halogens is 7. The second-order valence-electron chi connectivity index (χ2n) is 10.1. The van der Waals surface area contributed by atoms with E-state index in [2.05, 4.69) is 15.3 Å². The van der Waals surface area contributed by atoms with Gasteiger partial charge in [0.1, 0.15) is 11.3 Å². The minimum absolute atomic E-state index is 0.00567. The van der Waals surface area contributed by atoms with Crippen molar-refractivity contribution in [3.63, 3.8) is 0 Å². The summed E-state index contributed by atoms with van der Waals surface area (Å²) in [5, 5.41) is 12.8. The number of benzene rings is 2. The highest BCUT2D eigenvalue weighted by molar-refractivity contribution is 5.96. The molecule has 0 radical (unpaired) electrons. The van der Waals surface area contributed by atoms with Gasteiger partial charge in [-0.05, 0) is 37.6 Å². The lowest BCUT2D eigenvalue weighted by Crippen LogP contribution is -2.40. The Morgan fingerprint density at radius 3 is 2.37 bits per heavy atom. The number of hydrogen-bond donors (Lipinski definition) is 2. The molecule has 2 N–H and O–H groups in total. The Labute approximate surface area is 228 Å². The molecule has 0 aliphatic carbocycles. The van der Waals surface area contributed by atoms with E-state index < -0.39 is 48.6 Å². The van der Waals surface area contributed by atoms with E-state index in [1.54, 1.807) is 38.1 Å². The first kappa shape index (κ1) is 28.4. The van der Waals surface area contributed by atoms with Crippen molar-refractivity contribution in [2.45, 2.75) is 50.8 Å². The van der Waals surface area contributed by atoms with Crippen molar-refractivity contribution in [2.75, 3.05) is 23.3 Å². The van der Waals surface area contributed by atoms with Crippen LogP contribution in [0.15, 0.2) is 42.6 Å². The lowest BCUT2D eigenvalue weighted by molar-refractivity contribution is -0.290. The maximum atomic E-state index is 14.4. The van der Waals surface area contributed by atoms with E-state index in [0.29, 0.717) is 17.3 Å². The molecule has 3 heterocycles. The minimum atomic E-state index is -5.92. The van der Waals surface area contributed by atoms with E-state index in [-0.39, 0.29) is 46.8 Å². The number of carboxylic acids is 1. The Bertz CT molecular complexity index is 1640. The number of aromatic nitrogens is 3. The van der Waals surface area contributed by atoms with Gasteiger partial charge >= 0.3 is 18.1 Å². The molecule has 218 valence electrons. The maximum absolute atomic E-state index is 14.4. The Balaban J connectivity index is 1.72. The van der Waals surface area contributed by atoms with Crippen LogP contribution >= 0.6 is 0 Å². The van der Waals surface area contributed by atoms with Crippen molar-refractivity contribution in [1.29, 1.82) is 0 Å². The van der Waals surface area contributed by atoms with Crippen molar-refractivity contribution in [1.82, 2.24) is 14.4 Å². The molecule has 1 aliphatic heterocycles. The van der Waals surface area contributed by atoms with Crippen LogP contribution in [0, 0.1) is 6.92 Å². The van der Waals surface area contributed by atoms with Crippen LogP contribution in [0.5, 0.6) is 0 Å². The molecule has 2 aromatic heterocycles. The first-order chi connectivity index (χ1) is 19.1. The number of aromatic carboxylic acids is 1. The topological polar surface area (TPSA) is 82.8 Å². The van der Waals surface area contributed by atoms with E-state index in [1.165, 1.54) is 17.0 Å². The van der Waals surface area contributed by atoms with Crippen molar-refractivity contribution >= 4 is 34.2 Å². The molecule has 2 aromatic carbocycles. The number of fused-ring (bicyclic) bond motifs is 3. The lowest BCUT2D eigenvalue weighted by atomic mass is 10.0. The summed E-state index contributed by atoms with van der Waals surface area (Å²) in [7, 11) is 0. The molecular weight excluding hydrogens is 559 g/mol. The van der Waals surface area contributed by atoms with Gasteiger partial charge in [-0.1, -0.05) is 18.2 Å². The summed E-state index contributed by atoms with van der Waals surface area (Å²) in [6.45, 7) is 2.95. The van der Waals surface area contributed by atoms with Gasteiger partial charge in [-0.25, -0.2) is 23.5 Å². The summed E-state index contributed by atoms with van der Waals surface area (Å²) in [6.07, 6.45) is -6.49. The Morgan fingerprint density at radius 2 is 1.73 bits per heavy atom. The highest BCUT2D eigenvalue weighted by Gasteiger charge is 2.60. The van der Waals surface area contributed by atoms with Crippen LogP contribution in [0.2, 0.25) is 0 Å². The van der Waals surface area contributed by atoms with E-state index in [4.69, 9.17) is 0 Å². The molecule has 0 bridgehead atoms. The highest BCUT2D eigenvalue weighted by atomic mass is 19.4. The lowest BCUT2D eigenvalue weighted by Gasteiger charge is -2.33. The number of nitrogens with one attached hydrogen (secondary N) is 1. The van der Waals surface area contributed by atoms with Gasteiger partial charge in [-0.2, -0.15) is 22.0 Å². The quantitative estimate of drug-likeness (QED) is 0.239. The monoisotopic (exact) mass is 583 g/mol. The summed E-state index contributed by atoms with van der Waals surface area (Å²) in [5.74, 6) is -9.51. The SMILES string of the molecule is Cc1cc([C@@H](C)Nc2ccccc2C(=O)O)c2nc(N3CCC(F)(F)CC3)n3cc(C(F)(F)C(F)(F)F)nc3c2c1. The van der Waals surface area contributed by atoms with Gasteiger partial charge in [0.25, 0.3) is 5.92 Å². The van der Waals surface area contributed by atoms with Gasteiger partial charge in [-0.15, -0.1) is 0 Å². The number of imidazole rings is 1. The minimum Gasteiger partial charge on any atom is -0.478 e. The van der Waals surface area contributed by atoms with Crippen LogP contribution in [0.25, 0.3) is 16.6 Å². The molecule has 1 saturated heterocycles. The standard InChI is InChI=1S/C27H24F7N5O2/c1-14-11-17(15(2)35-19-6-4-3-5-16(19)23(40)41)21-18(12-14)22-36-20(26(30,31)27(32,33)34)13-39(22)24(37-21)38-9-7-25(28,29)8-10-38/h3-6,11-13,15,35H,7-10H2,1-2H3,(H,40,41)/t15-/m1/s1. The van der Waals surface area contributed by atoms with Crippen LogP contribution in [0.4, 0.5) is 42.4 Å². The Morgan fingerprint density at radius 1 is 1.07 bits per heavy atom. The number of carboxylic acid groups (broad SMARTS) is 1. The Kier molecular flexibility index (Phi) is 6.77. The smallest absolute Gasteiger partial charge is 0.459 e. The number of aryl methyl sites for hydroxylation is 1. The summed E-state index contributed by atoms with van der Waals surface area (Å²) < 4.78 is 97.5. The van der Waals surface area contributed by atoms with Gasteiger partial charge < -0.3 is 15.3 Å². The molecular formula is C27H24F7N5O2. The van der Waals surface area contributed by atoms with Gasteiger partial charge in [0, 0.05) is 48.8 Å². The molecule has 14 heteroatoms. The zero-order chi connectivity index (χ0) is 29.9. The largest absolute Gasteiger partial charge is 0.478 e. The van der Waals surface area contributed by atoms with Crippen LogP contribution < -0.4 is 10.2 Å². The Hall–Kier alpha value is -4.10. The third kappa shape index (κ3) is 5.10. The molecule has 0 unspecified atom stereocenters. The van der Waals surface area contributed by atoms with Crippen molar-refractivity contribution < 1.29 is 40.6 Å².